The molecule has 0 spiro atoms. The first-order valence-electron chi connectivity index (χ1n) is 8.27. The Bertz CT molecular complexity index is 584. The van der Waals surface area contributed by atoms with Gasteiger partial charge in [0.05, 0.1) is 5.69 Å². The molecule has 0 fully saturated rings. The summed E-state index contributed by atoms with van der Waals surface area (Å²) in [5.41, 5.74) is 1.71. The zero-order valence-electron chi connectivity index (χ0n) is 14.4. The average molecular weight is 318 g/mol. The Morgan fingerprint density at radius 2 is 2.13 bits per heavy atom. The molecular weight excluding hydrogens is 292 g/mol. The Morgan fingerprint density at radius 1 is 1.39 bits per heavy atom. The number of anilines is 1. The largest absolute Gasteiger partial charge is 0.478 e. The van der Waals surface area contributed by atoms with E-state index in [4.69, 9.17) is 4.74 Å². The highest BCUT2D eigenvalue weighted by Crippen LogP contribution is 2.35. The molecule has 2 rings (SSSR count). The van der Waals surface area contributed by atoms with Crippen molar-refractivity contribution >= 4 is 17.5 Å². The van der Waals surface area contributed by atoms with E-state index in [1.54, 1.807) is 4.90 Å². The van der Waals surface area contributed by atoms with Gasteiger partial charge in [-0.15, -0.1) is 0 Å². The second-order valence-electron chi connectivity index (χ2n) is 6.44. The number of hydrogen-bond acceptors (Lipinski definition) is 3. The van der Waals surface area contributed by atoms with Crippen LogP contribution in [0.4, 0.5) is 5.69 Å². The lowest BCUT2D eigenvalue weighted by molar-refractivity contribution is -0.129. The molecule has 0 radical (unpaired) electrons. The van der Waals surface area contributed by atoms with Crippen molar-refractivity contribution in [2.24, 2.45) is 5.92 Å². The van der Waals surface area contributed by atoms with Gasteiger partial charge in [0, 0.05) is 6.54 Å². The van der Waals surface area contributed by atoms with E-state index >= 15 is 0 Å². The quantitative estimate of drug-likeness (QED) is 0.877. The second kappa shape index (κ2) is 7.49. The predicted octanol–water partition coefficient (Wildman–Crippen LogP) is 2.66. The van der Waals surface area contributed by atoms with Crippen LogP contribution in [-0.2, 0) is 9.59 Å². The SMILES string of the molecule is CCC1Oc2ccc(C)cc2N(CC(=O)NCCC(C)C)C1=O. The number of nitrogens with zero attached hydrogens (tertiary/aromatic N) is 1. The molecule has 1 aromatic carbocycles. The molecule has 1 aliphatic rings. The van der Waals surface area contributed by atoms with Gasteiger partial charge in [-0.2, -0.15) is 0 Å². The summed E-state index contributed by atoms with van der Waals surface area (Å²) in [6, 6.07) is 5.70. The van der Waals surface area contributed by atoms with Crippen LogP contribution in [0.1, 0.15) is 39.2 Å². The molecule has 1 aromatic rings. The van der Waals surface area contributed by atoms with Gasteiger partial charge >= 0.3 is 0 Å². The van der Waals surface area contributed by atoms with Crippen molar-refractivity contribution in [3.8, 4) is 5.75 Å². The van der Waals surface area contributed by atoms with E-state index in [0.29, 0.717) is 30.3 Å². The van der Waals surface area contributed by atoms with Crippen LogP contribution in [0.5, 0.6) is 5.75 Å². The van der Waals surface area contributed by atoms with E-state index in [1.807, 2.05) is 32.0 Å². The lowest BCUT2D eigenvalue weighted by Crippen LogP contribution is -2.49. The topological polar surface area (TPSA) is 58.6 Å². The number of carbonyl (C=O) groups excluding carboxylic acids is 2. The lowest BCUT2D eigenvalue weighted by atomic mass is 10.1. The second-order valence-corrected chi connectivity index (χ2v) is 6.44. The third-order valence-corrected chi connectivity index (χ3v) is 3.93. The molecule has 1 N–H and O–H groups in total. The molecule has 1 atom stereocenters. The highest BCUT2D eigenvalue weighted by Gasteiger charge is 2.34. The maximum absolute atomic E-state index is 12.6. The molecule has 0 bridgehead atoms. The number of nitrogens with one attached hydrogen (secondary N) is 1. The fraction of sp³-hybridized carbons (Fsp3) is 0.556. The van der Waals surface area contributed by atoms with Crippen LogP contribution in [0.3, 0.4) is 0 Å². The molecule has 0 saturated carbocycles. The van der Waals surface area contributed by atoms with Crippen molar-refractivity contribution in [1.82, 2.24) is 5.32 Å². The van der Waals surface area contributed by atoms with E-state index in [0.717, 1.165) is 12.0 Å². The van der Waals surface area contributed by atoms with E-state index < -0.39 is 6.10 Å². The first-order valence-corrected chi connectivity index (χ1v) is 8.27. The van der Waals surface area contributed by atoms with Crippen LogP contribution < -0.4 is 15.0 Å². The molecule has 126 valence electrons. The monoisotopic (exact) mass is 318 g/mol. The number of aryl methyl sites for hydroxylation is 1. The van der Waals surface area contributed by atoms with Gasteiger partial charge < -0.3 is 10.1 Å². The van der Waals surface area contributed by atoms with Crippen LogP contribution in [-0.4, -0.2) is 31.0 Å². The van der Waals surface area contributed by atoms with Crippen LogP contribution >= 0.6 is 0 Å². The van der Waals surface area contributed by atoms with Crippen molar-refractivity contribution in [2.45, 2.75) is 46.6 Å². The van der Waals surface area contributed by atoms with E-state index in [9.17, 15) is 9.59 Å². The zero-order valence-corrected chi connectivity index (χ0v) is 14.4. The first-order chi connectivity index (χ1) is 10.9. The highest BCUT2D eigenvalue weighted by atomic mass is 16.5. The lowest BCUT2D eigenvalue weighted by Gasteiger charge is -2.34. The Hall–Kier alpha value is -2.04. The summed E-state index contributed by atoms with van der Waals surface area (Å²) in [7, 11) is 0. The van der Waals surface area contributed by atoms with Crippen molar-refractivity contribution in [1.29, 1.82) is 0 Å². The van der Waals surface area contributed by atoms with E-state index in [-0.39, 0.29) is 18.4 Å². The van der Waals surface area contributed by atoms with Crippen LogP contribution in [0.15, 0.2) is 18.2 Å². The predicted molar refractivity (Wildman–Crippen MR) is 90.7 cm³/mol. The summed E-state index contributed by atoms with van der Waals surface area (Å²) in [6.45, 7) is 8.76. The van der Waals surface area contributed by atoms with E-state index in [2.05, 4.69) is 19.2 Å². The zero-order chi connectivity index (χ0) is 17.0. The third kappa shape index (κ3) is 4.24. The molecule has 5 heteroatoms. The van der Waals surface area contributed by atoms with Gasteiger partial charge in [-0.05, 0) is 43.4 Å². The Labute approximate surface area is 138 Å². The molecule has 1 heterocycles. The van der Waals surface area contributed by atoms with Crippen LogP contribution in [0.2, 0.25) is 0 Å². The molecule has 5 nitrogen and oxygen atoms in total. The van der Waals surface area contributed by atoms with Crippen molar-refractivity contribution in [3.05, 3.63) is 23.8 Å². The van der Waals surface area contributed by atoms with Gasteiger partial charge in [0.25, 0.3) is 5.91 Å². The summed E-state index contributed by atoms with van der Waals surface area (Å²) >= 11 is 0. The average Bonchev–Trinajstić information content (AvgIpc) is 2.49. The highest BCUT2D eigenvalue weighted by molar-refractivity contribution is 6.03. The third-order valence-electron chi connectivity index (χ3n) is 3.93. The molecule has 23 heavy (non-hydrogen) atoms. The maximum atomic E-state index is 12.6. The fourth-order valence-corrected chi connectivity index (χ4v) is 2.56. The molecule has 0 saturated heterocycles. The normalized spacial score (nSPS) is 17.0. The Kier molecular flexibility index (Phi) is 5.64. The molecule has 1 unspecified atom stereocenters. The standard InChI is InChI=1S/C18H26N2O3/c1-5-15-18(22)20(11-17(21)19-9-8-12(2)3)14-10-13(4)6-7-16(14)23-15/h6-7,10,12,15H,5,8-9,11H2,1-4H3,(H,19,21). The van der Waals surface area contributed by atoms with Crippen molar-refractivity contribution in [3.63, 3.8) is 0 Å². The van der Waals surface area contributed by atoms with Gasteiger partial charge in [-0.25, -0.2) is 0 Å². The Balaban J connectivity index is 2.14. The number of fused-ring (bicyclic) bond motifs is 1. The van der Waals surface area contributed by atoms with Gasteiger partial charge in [0.2, 0.25) is 5.91 Å². The first kappa shape index (κ1) is 17.3. The summed E-state index contributed by atoms with van der Waals surface area (Å²) in [5, 5.41) is 2.89. The molecule has 2 amide bonds. The summed E-state index contributed by atoms with van der Waals surface area (Å²) < 4.78 is 5.75. The number of amides is 2. The van der Waals surface area contributed by atoms with Gasteiger partial charge in [-0.1, -0.05) is 26.8 Å². The summed E-state index contributed by atoms with van der Waals surface area (Å²) in [6.07, 6.45) is 0.988. The van der Waals surface area contributed by atoms with Crippen molar-refractivity contribution in [2.75, 3.05) is 18.0 Å². The molecule has 1 aliphatic heterocycles. The van der Waals surface area contributed by atoms with Crippen LogP contribution in [0.25, 0.3) is 0 Å². The summed E-state index contributed by atoms with van der Waals surface area (Å²) in [5.74, 6) is 0.915. The number of benzene rings is 1. The number of hydrogen-bond donors (Lipinski definition) is 1. The fourth-order valence-electron chi connectivity index (χ4n) is 2.56. The maximum Gasteiger partial charge on any atom is 0.268 e. The number of rotatable bonds is 6. The Morgan fingerprint density at radius 3 is 2.78 bits per heavy atom. The minimum Gasteiger partial charge on any atom is -0.478 e. The van der Waals surface area contributed by atoms with Gasteiger partial charge in [-0.3, -0.25) is 14.5 Å². The minimum atomic E-state index is -0.520. The van der Waals surface area contributed by atoms with Crippen LogP contribution in [0, 0.1) is 12.8 Å². The van der Waals surface area contributed by atoms with Gasteiger partial charge in [0.15, 0.2) is 6.10 Å². The molecule has 0 aliphatic carbocycles. The number of carbonyl (C=O) groups is 2. The summed E-state index contributed by atoms with van der Waals surface area (Å²) in [4.78, 5) is 26.3. The smallest absolute Gasteiger partial charge is 0.268 e. The van der Waals surface area contributed by atoms with Crippen molar-refractivity contribution < 1.29 is 14.3 Å². The molecular formula is C18H26N2O3. The van der Waals surface area contributed by atoms with Gasteiger partial charge in [0.1, 0.15) is 12.3 Å². The number of ether oxygens (including phenoxy) is 1. The molecule has 0 aromatic heterocycles. The van der Waals surface area contributed by atoms with E-state index in [1.165, 1.54) is 0 Å². The minimum absolute atomic E-state index is 0.0350.